The number of thiazole rings is 1. The lowest BCUT2D eigenvalue weighted by Gasteiger charge is -2.46. The second-order valence-corrected chi connectivity index (χ2v) is 19.0. The zero-order chi connectivity index (χ0) is 51.7. The Labute approximate surface area is 423 Å². The summed E-state index contributed by atoms with van der Waals surface area (Å²) in [5.74, 6) is -3.04. The van der Waals surface area contributed by atoms with Crippen molar-refractivity contribution in [2.75, 3.05) is 31.5 Å². The van der Waals surface area contributed by atoms with Gasteiger partial charge in [-0.1, -0.05) is 122 Å². The predicted octanol–water partition coefficient (Wildman–Crippen LogP) is 6.92. The summed E-state index contributed by atoms with van der Waals surface area (Å²) < 4.78 is 22.0. The van der Waals surface area contributed by atoms with E-state index in [1.165, 1.54) is 42.7 Å². The number of fused-ring (bicyclic) bond motifs is 4. The Hall–Kier alpha value is -8.40. The minimum atomic E-state index is -2.26. The summed E-state index contributed by atoms with van der Waals surface area (Å²) in [7, 11) is 3.43. The second kappa shape index (κ2) is 20.4. The number of aromatic nitrogens is 1. The van der Waals surface area contributed by atoms with Gasteiger partial charge in [0.15, 0.2) is 11.0 Å². The summed E-state index contributed by atoms with van der Waals surface area (Å²) in [6, 6.07) is 30.0. The van der Waals surface area contributed by atoms with Crippen molar-refractivity contribution in [3.05, 3.63) is 155 Å². The molecular formula is C55H49N5O12S. The summed E-state index contributed by atoms with van der Waals surface area (Å²) in [5, 5.41) is 16.6. The number of morpholine rings is 1. The van der Waals surface area contributed by atoms with Gasteiger partial charge in [-0.05, 0) is 70.6 Å². The molecule has 0 saturated carbocycles. The van der Waals surface area contributed by atoms with Crippen molar-refractivity contribution in [2.45, 2.75) is 56.0 Å². The van der Waals surface area contributed by atoms with E-state index in [2.05, 4.69) is 27.5 Å². The van der Waals surface area contributed by atoms with Gasteiger partial charge in [0.25, 0.3) is 0 Å². The molecule has 1 spiro atoms. The molecule has 18 heteroatoms. The van der Waals surface area contributed by atoms with Crippen molar-refractivity contribution in [1.29, 1.82) is 0 Å². The van der Waals surface area contributed by atoms with Gasteiger partial charge in [-0.25, -0.2) is 19.5 Å². The molecule has 3 aliphatic rings. The number of phenols is 1. The first-order valence-electron chi connectivity index (χ1n) is 23.3. The Kier molecular flexibility index (Phi) is 13.8. The van der Waals surface area contributed by atoms with Crippen LogP contribution in [0.3, 0.4) is 0 Å². The number of anilines is 2. The third-order valence-corrected chi connectivity index (χ3v) is 14.5. The standard InChI is InChI=1S/C55H49N5O12S/c1-30(2)42(50(65)71-5)57-54(68)59-39-28-23-31(15-14-20-36(48(63)69-3)49(64)70-4)29-37(39)55(52(59)67)41(47(62)58-53-56-38-21-12-13-22-40(38)73-53)44-51(66)72-45(33-18-10-7-11-19-33)43(32-16-8-6-9-17-32)60(44)46(55)34-24-26-35(61)27-25-34/h6-13,16-19,21-30,36,41-46,61H,20H2,1-5H3,(H,57,68)(H,56,58,62)/t41-,42-,43-,44-,45+,46+,55-/m0/s1. The SMILES string of the molecule is COC(=O)C(CC#Cc1ccc2c(c1)[C@]1(C(=O)N2C(=O)N[C@H](C(=O)OC)C(C)C)[C@H](C(=O)Nc2nc3ccccc3s2)[C@H]2C(=O)O[C@H](c3ccccc3)[C@H](c3ccccc3)N2[C@@H]1c1ccc(O)cc1)C(=O)OC. The number of phenolic OH excluding ortho intramolecular Hbond substituents is 1. The average Bonchev–Trinajstić information content (AvgIpc) is 4.09. The highest BCUT2D eigenvalue weighted by molar-refractivity contribution is 7.22. The number of carbonyl (C=O) groups is 7. The van der Waals surface area contributed by atoms with Gasteiger partial charge in [-0.2, -0.15) is 0 Å². The smallest absolute Gasteiger partial charge is 0.329 e. The summed E-state index contributed by atoms with van der Waals surface area (Å²) in [5.41, 5.74) is 0.261. The fourth-order valence-electron chi connectivity index (χ4n) is 10.4. The van der Waals surface area contributed by atoms with Gasteiger partial charge in [0.1, 0.15) is 29.4 Å². The first-order chi connectivity index (χ1) is 35.2. The second-order valence-electron chi connectivity index (χ2n) is 18.0. The lowest BCUT2D eigenvalue weighted by molar-refractivity contribution is -0.178. The number of rotatable bonds is 11. The van der Waals surface area contributed by atoms with Gasteiger partial charge in [0.05, 0.1) is 55.2 Å². The number of para-hydroxylation sites is 1. The largest absolute Gasteiger partial charge is 0.508 e. The zero-order valence-corrected chi connectivity index (χ0v) is 41.0. The molecule has 7 atom stereocenters. The Bertz CT molecular complexity index is 3160. The number of methoxy groups -OCH3 is 3. The number of cyclic esters (lactones) is 1. The van der Waals surface area contributed by atoms with Crippen LogP contribution in [-0.4, -0.2) is 90.1 Å². The van der Waals surface area contributed by atoms with Crippen LogP contribution in [0.5, 0.6) is 5.75 Å². The van der Waals surface area contributed by atoms with Crippen LogP contribution in [0.25, 0.3) is 10.2 Å². The van der Waals surface area contributed by atoms with Crippen LogP contribution in [-0.2, 0) is 53.1 Å². The summed E-state index contributed by atoms with van der Waals surface area (Å²) in [6.45, 7) is 3.38. The number of benzene rings is 5. The fourth-order valence-corrected chi connectivity index (χ4v) is 11.2. The van der Waals surface area contributed by atoms with E-state index >= 15 is 19.2 Å². The van der Waals surface area contributed by atoms with Gasteiger partial charge in [-0.15, -0.1) is 0 Å². The normalized spacial score (nSPS) is 21.4. The van der Waals surface area contributed by atoms with Crippen LogP contribution in [0.1, 0.15) is 66.3 Å². The van der Waals surface area contributed by atoms with E-state index in [-0.39, 0.29) is 34.1 Å². The molecular weight excluding hydrogens is 955 g/mol. The predicted molar refractivity (Wildman–Crippen MR) is 266 cm³/mol. The number of amides is 4. The minimum Gasteiger partial charge on any atom is -0.508 e. The van der Waals surface area contributed by atoms with E-state index in [0.717, 1.165) is 23.8 Å². The van der Waals surface area contributed by atoms with E-state index in [4.69, 9.17) is 18.9 Å². The maximum absolute atomic E-state index is 16.6. The Morgan fingerprint density at radius 1 is 0.781 bits per heavy atom. The van der Waals surface area contributed by atoms with Crippen LogP contribution in [0, 0.1) is 29.6 Å². The molecule has 2 saturated heterocycles. The van der Waals surface area contributed by atoms with Crippen molar-refractivity contribution in [3.8, 4) is 17.6 Å². The number of nitrogens with zero attached hydrogens (tertiary/aromatic N) is 3. The number of nitrogens with one attached hydrogen (secondary N) is 2. The van der Waals surface area contributed by atoms with Crippen LogP contribution >= 0.6 is 11.3 Å². The molecule has 3 aliphatic heterocycles. The first kappa shape index (κ1) is 49.6. The number of aromatic hydroxyl groups is 1. The maximum atomic E-state index is 16.6. The molecule has 1 aromatic heterocycles. The third-order valence-electron chi connectivity index (χ3n) is 13.6. The lowest BCUT2D eigenvalue weighted by Crippen LogP contribution is -2.57. The molecule has 9 rings (SSSR count). The molecule has 3 N–H and O–H groups in total. The van der Waals surface area contributed by atoms with Crippen LogP contribution in [0.4, 0.5) is 15.6 Å². The van der Waals surface area contributed by atoms with Gasteiger partial charge in [0.2, 0.25) is 11.8 Å². The highest BCUT2D eigenvalue weighted by Crippen LogP contribution is 2.66. The minimum absolute atomic E-state index is 0.00642. The van der Waals surface area contributed by atoms with E-state index in [9.17, 15) is 19.5 Å². The highest BCUT2D eigenvalue weighted by Gasteiger charge is 2.75. The molecule has 17 nitrogen and oxygen atoms in total. The molecule has 4 heterocycles. The first-order valence-corrected chi connectivity index (χ1v) is 24.1. The van der Waals surface area contributed by atoms with E-state index in [1.54, 1.807) is 44.2 Å². The fraction of sp³-hybridized carbons (Fsp3) is 0.273. The summed E-state index contributed by atoms with van der Waals surface area (Å²) in [4.78, 5) is 109. The molecule has 0 unspecified atom stereocenters. The molecule has 0 bridgehead atoms. The van der Waals surface area contributed by atoms with E-state index < -0.39 is 95.2 Å². The molecule has 0 aliphatic carbocycles. The maximum Gasteiger partial charge on any atom is 0.329 e. The summed E-state index contributed by atoms with van der Waals surface area (Å²) >= 11 is 1.18. The Morgan fingerprint density at radius 3 is 2.04 bits per heavy atom. The molecule has 6 aromatic rings. The number of imide groups is 1. The van der Waals surface area contributed by atoms with E-state index in [0.29, 0.717) is 22.2 Å². The van der Waals surface area contributed by atoms with Crippen molar-refractivity contribution in [2.24, 2.45) is 17.8 Å². The van der Waals surface area contributed by atoms with Crippen molar-refractivity contribution < 1.29 is 57.6 Å². The average molecular weight is 1000 g/mol. The molecule has 4 amide bonds. The number of hydrogen-bond donors (Lipinski definition) is 3. The molecule has 0 radical (unpaired) electrons. The van der Waals surface area contributed by atoms with Gasteiger partial charge in [0, 0.05) is 12.0 Å². The van der Waals surface area contributed by atoms with Gasteiger partial charge >= 0.3 is 29.9 Å². The number of hydrogen-bond acceptors (Lipinski definition) is 15. The van der Waals surface area contributed by atoms with Crippen LogP contribution < -0.4 is 15.5 Å². The van der Waals surface area contributed by atoms with Crippen LogP contribution in [0.2, 0.25) is 0 Å². The Balaban J connectivity index is 1.34. The molecule has 372 valence electrons. The quantitative estimate of drug-likeness (QED) is 0.0520. The lowest BCUT2D eigenvalue weighted by atomic mass is 9.65. The number of urea groups is 1. The monoisotopic (exact) mass is 1000 g/mol. The van der Waals surface area contributed by atoms with Crippen LogP contribution in [0.15, 0.2) is 127 Å². The molecule has 73 heavy (non-hydrogen) atoms. The van der Waals surface area contributed by atoms with Crippen molar-refractivity contribution in [1.82, 2.24) is 15.2 Å². The molecule has 2 fully saturated rings. The third kappa shape index (κ3) is 8.80. The molecule has 5 aromatic carbocycles. The summed E-state index contributed by atoms with van der Waals surface area (Å²) in [6.07, 6.45) is -1.35. The number of ether oxygens (including phenoxy) is 4. The van der Waals surface area contributed by atoms with Crippen molar-refractivity contribution >= 4 is 74.1 Å². The van der Waals surface area contributed by atoms with Gasteiger partial charge in [-0.3, -0.25) is 28.9 Å². The Morgan fingerprint density at radius 2 is 1.41 bits per heavy atom. The topological polar surface area (TPSA) is 220 Å². The number of carbonyl (C=O) groups excluding carboxylic acids is 7. The van der Waals surface area contributed by atoms with E-state index in [1.807, 2.05) is 77.7 Å². The zero-order valence-electron chi connectivity index (χ0n) is 40.1. The highest BCUT2D eigenvalue weighted by atomic mass is 32.1. The van der Waals surface area contributed by atoms with Crippen molar-refractivity contribution in [3.63, 3.8) is 0 Å². The number of esters is 4. The van der Waals surface area contributed by atoms with Gasteiger partial charge < -0.3 is 34.7 Å².